The van der Waals surface area contributed by atoms with Crippen LogP contribution in [0.2, 0.25) is 10.2 Å². The van der Waals surface area contributed by atoms with Gasteiger partial charge in [0.15, 0.2) is 11.6 Å². The minimum atomic E-state index is -4.20. The molecule has 1 aliphatic heterocycles. The molecule has 32 heavy (non-hydrogen) atoms. The number of nitrogens with one attached hydrogen (secondary N) is 3. The summed E-state index contributed by atoms with van der Waals surface area (Å²) in [6.07, 6.45) is 0.943. The van der Waals surface area contributed by atoms with Crippen LogP contribution in [0, 0.1) is 5.82 Å². The van der Waals surface area contributed by atoms with Crippen molar-refractivity contribution in [3.63, 3.8) is 0 Å². The molecule has 0 amide bonds. The number of sulfonamides is 1. The standard InChI is InChI=1S/C19H19Cl2FN6O2S2/c1-23-11-4-5-28(8-11)19-14(2-3-17(21)26-19)25-15-7-13(22)16(6-12(15)20)32(29,30)27-18-9-31-10-24-18/h2-3,6-7,9-11,23,25,27H,4-5,8H2,1H3. The summed E-state index contributed by atoms with van der Waals surface area (Å²) in [5, 5.41) is 8.15. The fourth-order valence-electron chi connectivity index (χ4n) is 3.38. The van der Waals surface area contributed by atoms with Crippen LogP contribution >= 0.6 is 34.5 Å². The van der Waals surface area contributed by atoms with Gasteiger partial charge in [-0.3, -0.25) is 4.72 Å². The van der Waals surface area contributed by atoms with Gasteiger partial charge in [0.1, 0.15) is 15.9 Å². The minimum absolute atomic E-state index is 0.0282. The highest BCUT2D eigenvalue weighted by Crippen LogP contribution is 2.35. The molecule has 8 nitrogen and oxygen atoms in total. The van der Waals surface area contributed by atoms with Crippen molar-refractivity contribution in [2.45, 2.75) is 17.4 Å². The van der Waals surface area contributed by atoms with E-state index >= 15 is 0 Å². The van der Waals surface area contributed by atoms with Crippen molar-refractivity contribution in [1.29, 1.82) is 0 Å². The fourth-order valence-corrected chi connectivity index (χ4v) is 5.45. The number of benzene rings is 1. The number of anilines is 4. The highest BCUT2D eigenvalue weighted by atomic mass is 35.5. The molecule has 3 N–H and O–H groups in total. The molecule has 0 radical (unpaired) electrons. The maximum Gasteiger partial charge on any atom is 0.266 e. The van der Waals surface area contributed by atoms with Crippen LogP contribution in [0.25, 0.3) is 0 Å². The first kappa shape index (κ1) is 23.0. The number of thiazole rings is 1. The number of likely N-dealkylation sites (N-methyl/N-ethyl adjacent to an activating group) is 1. The third kappa shape index (κ3) is 4.91. The quantitative estimate of drug-likeness (QED) is 0.402. The molecular weight excluding hydrogens is 498 g/mol. The summed E-state index contributed by atoms with van der Waals surface area (Å²) < 4.78 is 42.2. The predicted molar refractivity (Wildman–Crippen MR) is 127 cm³/mol. The second-order valence-electron chi connectivity index (χ2n) is 7.09. The lowest BCUT2D eigenvalue weighted by atomic mass is 10.2. The SMILES string of the molecule is CNC1CCN(c2nc(Cl)ccc2Nc2cc(F)c(S(=O)(=O)Nc3cscn3)cc2Cl)C1. The van der Waals surface area contributed by atoms with E-state index in [1.54, 1.807) is 12.1 Å². The van der Waals surface area contributed by atoms with Gasteiger partial charge in [0.05, 0.1) is 21.9 Å². The maximum absolute atomic E-state index is 14.8. The van der Waals surface area contributed by atoms with Crippen LogP contribution in [0.15, 0.2) is 40.1 Å². The van der Waals surface area contributed by atoms with Gasteiger partial charge < -0.3 is 15.5 Å². The minimum Gasteiger partial charge on any atom is -0.353 e. The van der Waals surface area contributed by atoms with Crippen LogP contribution in [0.5, 0.6) is 0 Å². The molecule has 0 saturated carbocycles. The van der Waals surface area contributed by atoms with Crippen molar-refractivity contribution in [3.8, 4) is 0 Å². The van der Waals surface area contributed by atoms with Gasteiger partial charge in [-0.25, -0.2) is 22.8 Å². The van der Waals surface area contributed by atoms with Crippen LogP contribution in [0.1, 0.15) is 6.42 Å². The lowest BCUT2D eigenvalue weighted by Crippen LogP contribution is -2.30. The Bertz CT molecular complexity index is 1230. The predicted octanol–water partition coefficient (Wildman–Crippen LogP) is 4.33. The normalized spacial score (nSPS) is 16.4. The van der Waals surface area contributed by atoms with E-state index in [2.05, 4.69) is 30.2 Å². The molecule has 1 saturated heterocycles. The van der Waals surface area contributed by atoms with Gasteiger partial charge in [-0.1, -0.05) is 23.2 Å². The lowest BCUT2D eigenvalue weighted by Gasteiger charge is -2.22. The average Bonchev–Trinajstić information content (AvgIpc) is 3.43. The summed E-state index contributed by atoms with van der Waals surface area (Å²) in [7, 11) is -2.30. The Hall–Kier alpha value is -2.18. The summed E-state index contributed by atoms with van der Waals surface area (Å²) in [6.45, 7) is 1.51. The molecule has 1 unspecified atom stereocenters. The molecule has 170 valence electrons. The number of halogens is 3. The van der Waals surface area contributed by atoms with Crippen molar-refractivity contribution in [1.82, 2.24) is 15.3 Å². The Labute approximate surface area is 198 Å². The summed E-state index contributed by atoms with van der Waals surface area (Å²) in [5.74, 6) is -0.247. The molecule has 1 aromatic carbocycles. The molecular formula is C19H19Cl2FN6O2S2. The third-order valence-electron chi connectivity index (χ3n) is 4.99. The maximum atomic E-state index is 14.8. The summed E-state index contributed by atoms with van der Waals surface area (Å²) in [4.78, 5) is 9.76. The molecule has 0 aliphatic carbocycles. The van der Waals surface area contributed by atoms with Gasteiger partial charge in [-0.15, -0.1) is 11.3 Å². The van der Waals surface area contributed by atoms with Crippen molar-refractivity contribution in [2.75, 3.05) is 35.1 Å². The molecule has 3 heterocycles. The zero-order valence-corrected chi connectivity index (χ0v) is 19.9. The first-order valence-corrected chi connectivity index (χ1v) is 12.7. The van der Waals surface area contributed by atoms with Gasteiger partial charge in [0.25, 0.3) is 10.0 Å². The first-order chi connectivity index (χ1) is 15.3. The monoisotopic (exact) mass is 516 g/mol. The van der Waals surface area contributed by atoms with E-state index in [0.717, 1.165) is 31.6 Å². The van der Waals surface area contributed by atoms with E-state index in [-0.39, 0.29) is 16.5 Å². The molecule has 1 atom stereocenters. The van der Waals surface area contributed by atoms with Crippen LogP contribution in [0.3, 0.4) is 0 Å². The lowest BCUT2D eigenvalue weighted by molar-refractivity contribution is 0.570. The highest BCUT2D eigenvalue weighted by Gasteiger charge is 2.26. The second-order valence-corrected chi connectivity index (χ2v) is 10.3. The Balaban J connectivity index is 1.63. The van der Waals surface area contributed by atoms with Crippen LogP contribution < -0.4 is 20.3 Å². The third-order valence-corrected chi connectivity index (χ3v) is 7.47. The smallest absolute Gasteiger partial charge is 0.266 e. The van der Waals surface area contributed by atoms with Gasteiger partial charge >= 0.3 is 0 Å². The van der Waals surface area contributed by atoms with Crippen molar-refractivity contribution in [3.05, 3.63) is 51.1 Å². The average molecular weight is 517 g/mol. The Morgan fingerprint density at radius 1 is 1.25 bits per heavy atom. The largest absolute Gasteiger partial charge is 0.353 e. The van der Waals surface area contributed by atoms with E-state index in [4.69, 9.17) is 23.2 Å². The summed E-state index contributed by atoms with van der Waals surface area (Å²) in [6, 6.07) is 5.75. The highest BCUT2D eigenvalue weighted by molar-refractivity contribution is 7.92. The Kier molecular flexibility index (Phi) is 6.72. The van der Waals surface area contributed by atoms with E-state index in [9.17, 15) is 12.8 Å². The number of hydrogen-bond acceptors (Lipinski definition) is 8. The number of nitrogens with zero attached hydrogens (tertiary/aromatic N) is 3. The van der Waals surface area contributed by atoms with Crippen LogP contribution in [-0.4, -0.2) is 44.6 Å². The molecule has 2 aromatic heterocycles. The van der Waals surface area contributed by atoms with Crippen LogP contribution in [-0.2, 0) is 10.0 Å². The molecule has 3 aromatic rings. The number of pyridine rings is 1. The van der Waals surface area contributed by atoms with Crippen molar-refractivity contribution < 1.29 is 12.8 Å². The Morgan fingerprint density at radius 2 is 2.06 bits per heavy atom. The van der Waals surface area contributed by atoms with E-state index in [1.165, 1.54) is 22.2 Å². The molecule has 1 aliphatic rings. The van der Waals surface area contributed by atoms with Gasteiger partial charge in [0.2, 0.25) is 0 Å². The van der Waals surface area contributed by atoms with E-state index < -0.39 is 20.7 Å². The molecule has 0 spiro atoms. The van der Waals surface area contributed by atoms with E-state index in [0.29, 0.717) is 22.7 Å². The van der Waals surface area contributed by atoms with Crippen LogP contribution in [0.4, 0.5) is 27.4 Å². The molecule has 4 rings (SSSR count). The van der Waals surface area contributed by atoms with Gasteiger partial charge in [-0.05, 0) is 31.7 Å². The molecule has 1 fully saturated rings. The first-order valence-electron chi connectivity index (χ1n) is 9.52. The van der Waals surface area contributed by atoms with Crippen molar-refractivity contribution >= 4 is 67.6 Å². The number of hydrogen-bond donors (Lipinski definition) is 3. The number of aromatic nitrogens is 2. The fraction of sp³-hybridized carbons (Fsp3) is 0.263. The second kappa shape index (κ2) is 9.36. The summed E-state index contributed by atoms with van der Waals surface area (Å²) >= 11 is 13.6. The molecule has 0 bridgehead atoms. The van der Waals surface area contributed by atoms with Gasteiger partial charge in [-0.2, -0.15) is 0 Å². The zero-order chi connectivity index (χ0) is 22.9. The van der Waals surface area contributed by atoms with Crippen molar-refractivity contribution in [2.24, 2.45) is 0 Å². The van der Waals surface area contributed by atoms with Gasteiger partial charge in [0, 0.05) is 30.6 Å². The molecule has 13 heteroatoms. The number of rotatable bonds is 7. The Morgan fingerprint density at radius 3 is 2.75 bits per heavy atom. The van der Waals surface area contributed by atoms with E-state index in [1.807, 2.05) is 7.05 Å². The topological polar surface area (TPSA) is 99.2 Å². The zero-order valence-electron chi connectivity index (χ0n) is 16.8. The summed E-state index contributed by atoms with van der Waals surface area (Å²) in [5.41, 5.74) is 2.24.